The van der Waals surface area contributed by atoms with Gasteiger partial charge in [-0.05, 0) is 25.7 Å². The molecule has 2 aliphatic rings. The molecule has 0 radical (unpaired) electrons. The van der Waals surface area contributed by atoms with Gasteiger partial charge in [0.2, 0.25) is 0 Å². The highest BCUT2D eigenvalue weighted by Gasteiger charge is 2.38. The second-order valence-corrected chi connectivity index (χ2v) is 3.25. The first-order valence-corrected chi connectivity index (χ1v) is 4.13. The van der Waals surface area contributed by atoms with Crippen molar-refractivity contribution in [2.24, 2.45) is 0 Å². The highest BCUT2D eigenvalue weighted by Crippen LogP contribution is 2.39. The van der Waals surface area contributed by atoms with Crippen molar-refractivity contribution in [1.29, 1.82) is 0 Å². The average Bonchev–Trinajstić information content (AvgIpc) is 2.08. The molecule has 10 heavy (non-hydrogen) atoms. The van der Waals surface area contributed by atoms with E-state index in [0.717, 1.165) is 26.2 Å². The third-order valence-corrected chi connectivity index (χ3v) is 2.60. The highest BCUT2D eigenvalue weighted by molar-refractivity contribution is 4.90. The molecular formula is C8H14O2. The molecule has 0 aromatic carbocycles. The van der Waals surface area contributed by atoms with E-state index < -0.39 is 0 Å². The topological polar surface area (TPSA) is 18.5 Å². The first-order valence-electron chi connectivity index (χ1n) is 4.13. The van der Waals surface area contributed by atoms with Gasteiger partial charge in [-0.15, -0.1) is 0 Å². The summed E-state index contributed by atoms with van der Waals surface area (Å²) in [6.07, 6.45) is 4.99. The summed E-state index contributed by atoms with van der Waals surface area (Å²) >= 11 is 0. The molecule has 58 valence electrons. The van der Waals surface area contributed by atoms with E-state index >= 15 is 0 Å². The molecule has 0 bridgehead atoms. The van der Waals surface area contributed by atoms with E-state index in [0.29, 0.717) is 0 Å². The molecule has 1 aliphatic heterocycles. The lowest BCUT2D eigenvalue weighted by Crippen LogP contribution is -2.40. The smallest absolute Gasteiger partial charge is 0.0708 e. The fraction of sp³-hybridized carbons (Fsp3) is 1.00. The molecule has 2 rings (SSSR count). The molecule has 2 heteroatoms. The fourth-order valence-corrected chi connectivity index (χ4v) is 1.71. The first-order chi connectivity index (χ1) is 4.91. The van der Waals surface area contributed by atoms with Gasteiger partial charge in [-0.25, -0.2) is 0 Å². The predicted molar refractivity (Wildman–Crippen MR) is 38.0 cm³/mol. The second-order valence-electron chi connectivity index (χ2n) is 3.25. The molecule has 1 aliphatic carbocycles. The Labute approximate surface area is 61.5 Å². The summed E-state index contributed by atoms with van der Waals surface area (Å²) < 4.78 is 11.0. The zero-order chi connectivity index (χ0) is 6.86. The van der Waals surface area contributed by atoms with Crippen LogP contribution in [0.2, 0.25) is 0 Å². The van der Waals surface area contributed by atoms with E-state index in [9.17, 15) is 0 Å². The van der Waals surface area contributed by atoms with Crippen molar-refractivity contribution in [3.63, 3.8) is 0 Å². The van der Waals surface area contributed by atoms with Gasteiger partial charge in [0.1, 0.15) is 0 Å². The molecule has 0 aromatic rings. The van der Waals surface area contributed by atoms with Crippen molar-refractivity contribution in [2.75, 3.05) is 19.8 Å². The van der Waals surface area contributed by atoms with E-state index in [2.05, 4.69) is 0 Å². The van der Waals surface area contributed by atoms with Gasteiger partial charge in [-0.2, -0.15) is 0 Å². The van der Waals surface area contributed by atoms with E-state index in [1.807, 2.05) is 0 Å². The van der Waals surface area contributed by atoms with Crippen LogP contribution in [0, 0.1) is 0 Å². The fourth-order valence-electron chi connectivity index (χ4n) is 1.71. The van der Waals surface area contributed by atoms with Crippen LogP contribution < -0.4 is 0 Å². The standard InChI is InChI=1S/C8H14O2/c1-2-8(3-1)4-5-9-6-7-10-8/h1-7H2. The third-order valence-electron chi connectivity index (χ3n) is 2.60. The molecule has 0 atom stereocenters. The molecule has 0 aromatic heterocycles. The monoisotopic (exact) mass is 142 g/mol. The van der Waals surface area contributed by atoms with Gasteiger partial charge in [0.25, 0.3) is 0 Å². The van der Waals surface area contributed by atoms with Crippen LogP contribution in [0.1, 0.15) is 25.7 Å². The van der Waals surface area contributed by atoms with E-state index in [-0.39, 0.29) is 5.60 Å². The Morgan fingerprint density at radius 3 is 2.50 bits per heavy atom. The van der Waals surface area contributed by atoms with Crippen LogP contribution in [0.5, 0.6) is 0 Å². The van der Waals surface area contributed by atoms with Gasteiger partial charge in [-0.1, -0.05) is 0 Å². The maximum absolute atomic E-state index is 5.70. The molecule has 0 unspecified atom stereocenters. The van der Waals surface area contributed by atoms with Crippen molar-refractivity contribution in [1.82, 2.24) is 0 Å². The Hall–Kier alpha value is -0.0800. The summed E-state index contributed by atoms with van der Waals surface area (Å²) in [7, 11) is 0. The van der Waals surface area contributed by atoms with Gasteiger partial charge in [0, 0.05) is 6.61 Å². The van der Waals surface area contributed by atoms with E-state index in [1.165, 1.54) is 19.3 Å². The van der Waals surface area contributed by atoms with Crippen LogP contribution in [0.25, 0.3) is 0 Å². The quantitative estimate of drug-likeness (QED) is 0.508. The van der Waals surface area contributed by atoms with Crippen molar-refractivity contribution in [3.8, 4) is 0 Å². The van der Waals surface area contributed by atoms with Gasteiger partial charge in [0.15, 0.2) is 0 Å². The lowest BCUT2D eigenvalue weighted by Gasteiger charge is -2.40. The maximum Gasteiger partial charge on any atom is 0.0708 e. The first kappa shape index (κ1) is 6.62. The van der Waals surface area contributed by atoms with Crippen LogP contribution in [0.3, 0.4) is 0 Å². The zero-order valence-corrected chi connectivity index (χ0v) is 6.27. The van der Waals surface area contributed by atoms with Crippen LogP contribution in [0.4, 0.5) is 0 Å². The zero-order valence-electron chi connectivity index (χ0n) is 6.27. The van der Waals surface area contributed by atoms with Crippen molar-refractivity contribution < 1.29 is 9.47 Å². The molecule has 1 saturated carbocycles. The minimum absolute atomic E-state index is 0.260. The number of hydrogen-bond donors (Lipinski definition) is 0. The second kappa shape index (κ2) is 2.51. The van der Waals surface area contributed by atoms with Gasteiger partial charge in [0.05, 0.1) is 18.8 Å². The van der Waals surface area contributed by atoms with Gasteiger partial charge >= 0.3 is 0 Å². The molecule has 1 heterocycles. The summed E-state index contributed by atoms with van der Waals surface area (Å²) in [5.41, 5.74) is 0.260. The summed E-state index contributed by atoms with van der Waals surface area (Å²) in [6, 6.07) is 0. The predicted octanol–water partition coefficient (Wildman–Crippen LogP) is 1.35. The Morgan fingerprint density at radius 1 is 0.900 bits per heavy atom. The highest BCUT2D eigenvalue weighted by atomic mass is 16.5. The summed E-state index contributed by atoms with van der Waals surface area (Å²) in [5.74, 6) is 0. The SMILES string of the molecule is C1CC2(C1)CCOCCO2. The van der Waals surface area contributed by atoms with E-state index in [4.69, 9.17) is 9.47 Å². The molecule has 0 amide bonds. The van der Waals surface area contributed by atoms with Crippen molar-refractivity contribution >= 4 is 0 Å². The van der Waals surface area contributed by atoms with Gasteiger partial charge < -0.3 is 9.47 Å². The number of hydrogen-bond acceptors (Lipinski definition) is 2. The molecule has 2 nitrogen and oxygen atoms in total. The molecular weight excluding hydrogens is 128 g/mol. The lowest BCUT2D eigenvalue weighted by molar-refractivity contribution is -0.0931. The van der Waals surface area contributed by atoms with Crippen LogP contribution >= 0.6 is 0 Å². The van der Waals surface area contributed by atoms with Gasteiger partial charge in [-0.3, -0.25) is 0 Å². The maximum atomic E-state index is 5.70. The molecule has 1 saturated heterocycles. The van der Waals surface area contributed by atoms with Crippen LogP contribution in [-0.4, -0.2) is 25.4 Å². The van der Waals surface area contributed by atoms with Crippen LogP contribution in [0.15, 0.2) is 0 Å². The number of rotatable bonds is 0. The normalized spacial score (nSPS) is 31.2. The molecule has 1 spiro atoms. The molecule has 0 N–H and O–H groups in total. The summed E-state index contributed by atoms with van der Waals surface area (Å²) in [6.45, 7) is 2.50. The largest absolute Gasteiger partial charge is 0.379 e. The Morgan fingerprint density at radius 2 is 1.80 bits per heavy atom. The van der Waals surface area contributed by atoms with Crippen molar-refractivity contribution in [2.45, 2.75) is 31.3 Å². The summed E-state index contributed by atoms with van der Waals surface area (Å²) in [5, 5.41) is 0. The van der Waals surface area contributed by atoms with Crippen LogP contribution in [-0.2, 0) is 9.47 Å². The Kier molecular flexibility index (Phi) is 1.66. The van der Waals surface area contributed by atoms with Crippen molar-refractivity contribution in [3.05, 3.63) is 0 Å². The lowest BCUT2D eigenvalue weighted by atomic mass is 9.78. The molecule has 2 fully saturated rings. The average molecular weight is 142 g/mol. The number of ether oxygens (including phenoxy) is 2. The minimum atomic E-state index is 0.260. The Balaban J connectivity index is 1.92. The summed E-state index contributed by atoms with van der Waals surface area (Å²) in [4.78, 5) is 0. The van der Waals surface area contributed by atoms with E-state index in [1.54, 1.807) is 0 Å². The Bertz CT molecular complexity index is 108. The third kappa shape index (κ3) is 1.06. The minimum Gasteiger partial charge on any atom is -0.379 e.